The zero-order valence-corrected chi connectivity index (χ0v) is 22.8. The van der Waals surface area contributed by atoms with Gasteiger partial charge in [-0.1, -0.05) is 41.7 Å². The first-order chi connectivity index (χ1) is 18.3. The number of nitrogens with zero attached hydrogens (tertiary/aromatic N) is 4. The quantitative estimate of drug-likeness (QED) is 0.414. The summed E-state index contributed by atoms with van der Waals surface area (Å²) in [6.45, 7) is 8.54. The van der Waals surface area contributed by atoms with E-state index in [1.807, 2.05) is 93.1 Å². The van der Waals surface area contributed by atoms with Crippen molar-refractivity contribution in [2.24, 2.45) is 4.99 Å². The zero-order valence-electron chi connectivity index (χ0n) is 22.0. The molecule has 1 aliphatic rings. The Kier molecular flexibility index (Phi) is 6.86. The van der Waals surface area contributed by atoms with E-state index in [1.54, 1.807) is 11.7 Å². The Hall–Kier alpha value is -4.24. The second kappa shape index (κ2) is 10.3. The number of para-hydroxylation sites is 1. The Morgan fingerprint density at radius 2 is 1.82 bits per heavy atom. The second-order valence-electron chi connectivity index (χ2n) is 9.08. The fourth-order valence-electron chi connectivity index (χ4n) is 4.79. The summed E-state index contributed by atoms with van der Waals surface area (Å²) in [5.74, 6) is 0.388. The lowest BCUT2D eigenvalue weighted by atomic mass is 9.95. The normalized spacial score (nSPS) is 15.3. The summed E-state index contributed by atoms with van der Waals surface area (Å²) in [6.07, 6.45) is 1.89. The number of benzene rings is 2. The molecule has 1 N–H and O–H groups in total. The van der Waals surface area contributed by atoms with Crippen LogP contribution in [0.5, 0.6) is 5.75 Å². The van der Waals surface area contributed by atoms with Gasteiger partial charge in [0, 0.05) is 23.5 Å². The summed E-state index contributed by atoms with van der Waals surface area (Å²) in [5.41, 5.74) is 5.04. The number of allylic oxidation sites excluding steroid dienone is 1. The maximum Gasteiger partial charge on any atom is 0.271 e. The van der Waals surface area contributed by atoms with Crippen molar-refractivity contribution < 1.29 is 9.53 Å². The topological polar surface area (TPSA) is 90.5 Å². The molecule has 2 aromatic carbocycles. The van der Waals surface area contributed by atoms with Gasteiger partial charge in [0.05, 0.1) is 34.6 Å². The fraction of sp³-hybridized carbons (Fsp3) is 0.241. The number of fused-ring (bicyclic) bond motifs is 1. The molecule has 38 heavy (non-hydrogen) atoms. The van der Waals surface area contributed by atoms with Gasteiger partial charge in [-0.2, -0.15) is 5.10 Å². The molecule has 5 rings (SSSR count). The fourth-order valence-corrected chi connectivity index (χ4v) is 5.82. The lowest BCUT2D eigenvalue weighted by Crippen LogP contribution is -2.40. The highest BCUT2D eigenvalue weighted by molar-refractivity contribution is 7.07. The van der Waals surface area contributed by atoms with E-state index >= 15 is 0 Å². The lowest BCUT2D eigenvalue weighted by Gasteiger charge is -2.25. The number of thiazole rings is 1. The van der Waals surface area contributed by atoms with E-state index in [0.717, 1.165) is 29.1 Å². The summed E-state index contributed by atoms with van der Waals surface area (Å²) >= 11 is 1.32. The molecule has 0 fully saturated rings. The Morgan fingerprint density at radius 3 is 2.45 bits per heavy atom. The number of nitrogens with one attached hydrogen (secondary N) is 1. The Morgan fingerprint density at radius 1 is 1.11 bits per heavy atom. The highest BCUT2D eigenvalue weighted by Crippen LogP contribution is 2.31. The van der Waals surface area contributed by atoms with E-state index in [9.17, 15) is 9.59 Å². The molecular weight excluding hydrogens is 498 g/mol. The molecule has 9 heteroatoms. The molecule has 3 heterocycles. The minimum atomic E-state index is -0.649. The van der Waals surface area contributed by atoms with Crippen LogP contribution in [0.2, 0.25) is 0 Å². The maximum absolute atomic E-state index is 13.9. The predicted molar refractivity (Wildman–Crippen MR) is 149 cm³/mol. The maximum atomic E-state index is 13.9. The molecule has 0 bridgehead atoms. The SMILES string of the molecule is CCn1nc(C)c(/C=c2/sc3n(c2=O)[C@H](c2ccc(OC)cc2)C(C(=O)Nc2ccccc2)=C(C)N=3)c1C. The molecule has 4 aromatic rings. The Balaban J connectivity index is 1.69. The summed E-state index contributed by atoms with van der Waals surface area (Å²) < 4.78 is 9.43. The average Bonchev–Trinajstić information content (AvgIpc) is 3.38. The number of amides is 1. The third-order valence-electron chi connectivity index (χ3n) is 6.74. The van der Waals surface area contributed by atoms with Gasteiger partial charge in [-0.05, 0) is 63.6 Å². The van der Waals surface area contributed by atoms with Crippen molar-refractivity contribution in [2.75, 3.05) is 12.4 Å². The van der Waals surface area contributed by atoms with Gasteiger partial charge < -0.3 is 10.1 Å². The van der Waals surface area contributed by atoms with Crippen LogP contribution in [0.3, 0.4) is 0 Å². The molecule has 194 valence electrons. The van der Waals surface area contributed by atoms with Crippen molar-refractivity contribution in [3.63, 3.8) is 0 Å². The van der Waals surface area contributed by atoms with Crippen molar-refractivity contribution in [3.05, 3.63) is 108 Å². The van der Waals surface area contributed by atoms with Crippen molar-refractivity contribution in [1.82, 2.24) is 14.3 Å². The summed E-state index contributed by atoms with van der Waals surface area (Å²) in [7, 11) is 1.60. The first kappa shape index (κ1) is 25.4. The van der Waals surface area contributed by atoms with Gasteiger partial charge in [-0.25, -0.2) is 4.99 Å². The molecular formula is C29H29N5O3S. The predicted octanol–water partition coefficient (Wildman–Crippen LogP) is 3.72. The number of methoxy groups -OCH3 is 1. The molecule has 1 amide bonds. The van der Waals surface area contributed by atoms with Crippen LogP contribution in [0.25, 0.3) is 6.08 Å². The summed E-state index contributed by atoms with van der Waals surface area (Å²) in [5, 5.41) is 7.56. The van der Waals surface area contributed by atoms with Crippen LogP contribution in [-0.2, 0) is 11.3 Å². The highest BCUT2D eigenvalue weighted by atomic mass is 32.1. The average molecular weight is 528 g/mol. The van der Waals surface area contributed by atoms with E-state index in [1.165, 1.54) is 11.3 Å². The lowest BCUT2D eigenvalue weighted by molar-refractivity contribution is -0.113. The van der Waals surface area contributed by atoms with Gasteiger partial charge in [0.1, 0.15) is 5.75 Å². The number of hydrogen-bond acceptors (Lipinski definition) is 6. The smallest absolute Gasteiger partial charge is 0.271 e. The molecule has 2 aromatic heterocycles. The van der Waals surface area contributed by atoms with Gasteiger partial charge in [0.2, 0.25) is 0 Å². The monoisotopic (exact) mass is 527 g/mol. The molecule has 0 unspecified atom stereocenters. The van der Waals surface area contributed by atoms with Crippen LogP contribution in [0.1, 0.15) is 42.4 Å². The summed E-state index contributed by atoms with van der Waals surface area (Å²) in [6, 6.07) is 16.0. The molecule has 0 aliphatic carbocycles. The summed E-state index contributed by atoms with van der Waals surface area (Å²) in [4.78, 5) is 32.9. The number of hydrogen-bond donors (Lipinski definition) is 1. The van der Waals surface area contributed by atoms with Crippen LogP contribution in [0, 0.1) is 13.8 Å². The van der Waals surface area contributed by atoms with Crippen LogP contribution in [-0.4, -0.2) is 27.4 Å². The number of rotatable bonds is 6. The highest BCUT2D eigenvalue weighted by Gasteiger charge is 2.32. The van der Waals surface area contributed by atoms with Gasteiger partial charge in [0.25, 0.3) is 11.5 Å². The molecule has 0 spiro atoms. The number of aromatic nitrogens is 3. The van der Waals surface area contributed by atoms with Crippen LogP contribution < -0.4 is 24.9 Å². The minimum absolute atomic E-state index is 0.199. The van der Waals surface area contributed by atoms with E-state index in [0.29, 0.717) is 32.0 Å². The molecule has 0 radical (unpaired) electrons. The minimum Gasteiger partial charge on any atom is -0.497 e. The number of carbonyl (C=O) groups excluding carboxylic acids is 1. The van der Waals surface area contributed by atoms with Crippen LogP contribution in [0.15, 0.2) is 75.7 Å². The van der Waals surface area contributed by atoms with Gasteiger partial charge in [-0.15, -0.1) is 0 Å². The van der Waals surface area contributed by atoms with Crippen LogP contribution in [0.4, 0.5) is 5.69 Å². The van der Waals surface area contributed by atoms with E-state index in [2.05, 4.69) is 10.4 Å². The largest absolute Gasteiger partial charge is 0.497 e. The van der Waals surface area contributed by atoms with Gasteiger partial charge >= 0.3 is 0 Å². The van der Waals surface area contributed by atoms with Crippen molar-refractivity contribution in [1.29, 1.82) is 0 Å². The van der Waals surface area contributed by atoms with E-state index < -0.39 is 6.04 Å². The first-order valence-electron chi connectivity index (χ1n) is 12.4. The van der Waals surface area contributed by atoms with E-state index in [-0.39, 0.29) is 11.5 Å². The first-order valence-corrected chi connectivity index (χ1v) is 13.2. The van der Waals surface area contributed by atoms with E-state index in [4.69, 9.17) is 9.73 Å². The number of anilines is 1. The third kappa shape index (κ3) is 4.50. The van der Waals surface area contributed by atoms with Gasteiger partial charge in [-0.3, -0.25) is 18.8 Å². The number of aryl methyl sites for hydroxylation is 2. The van der Waals surface area contributed by atoms with Crippen LogP contribution >= 0.6 is 11.3 Å². The standard InChI is InChI=1S/C29H29N5O3S/c1-6-33-19(4)23(17(2)32-33)16-24-28(36)34-26(20-12-14-22(37-5)15-13-20)25(18(3)30-29(34)38-24)27(35)31-21-10-8-7-9-11-21/h7-16,26H,6H2,1-5H3,(H,31,35)/b24-16+/t26-/m1/s1. The Labute approximate surface area is 224 Å². The van der Waals surface area contributed by atoms with Crippen molar-refractivity contribution in [3.8, 4) is 5.75 Å². The molecule has 0 saturated heterocycles. The van der Waals surface area contributed by atoms with Crippen molar-refractivity contribution in [2.45, 2.75) is 40.3 Å². The number of carbonyl (C=O) groups is 1. The second-order valence-corrected chi connectivity index (χ2v) is 10.1. The Bertz CT molecular complexity index is 1730. The molecule has 0 saturated carbocycles. The number of ether oxygens (including phenoxy) is 1. The zero-order chi connectivity index (χ0) is 27.0. The molecule has 1 aliphatic heterocycles. The molecule has 8 nitrogen and oxygen atoms in total. The van der Waals surface area contributed by atoms with Crippen molar-refractivity contribution >= 4 is 29.0 Å². The van der Waals surface area contributed by atoms with Gasteiger partial charge in [0.15, 0.2) is 4.80 Å². The molecule has 1 atom stereocenters. The third-order valence-corrected chi connectivity index (χ3v) is 7.72.